The lowest BCUT2D eigenvalue weighted by Crippen LogP contribution is -2.42. The normalized spacial score (nSPS) is 15.7. The monoisotopic (exact) mass is 466 g/mol. The van der Waals surface area contributed by atoms with Gasteiger partial charge in [-0.25, -0.2) is 9.18 Å². The zero-order valence-corrected chi connectivity index (χ0v) is 18.5. The van der Waals surface area contributed by atoms with Crippen molar-refractivity contribution in [3.8, 4) is 0 Å². The lowest BCUT2D eigenvalue weighted by molar-refractivity contribution is -0.151. The largest absolute Gasteiger partial charge is 0.461 e. The first-order valence-electron chi connectivity index (χ1n) is 10.9. The van der Waals surface area contributed by atoms with Gasteiger partial charge in [0.25, 0.3) is 5.91 Å². The van der Waals surface area contributed by atoms with Crippen molar-refractivity contribution in [2.75, 3.05) is 18.4 Å². The molecule has 34 heavy (non-hydrogen) atoms. The fraction of sp³-hybridized carbons (Fsp3) is 0.280. The number of ether oxygens (including phenoxy) is 1. The Labute approximate surface area is 194 Å². The Bertz CT molecular complexity index is 1300. The molecule has 0 bridgehead atoms. The maximum absolute atomic E-state index is 13.1. The van der Waals surface area contributed by atoms with Gasteiger partial charge in [-0.05, 0) is 49.2 Å². The number of esters is 1. The number of hydrogen-bond donors (Lipinski definition) is 1. The molecule has 1 aliphatic rings. The standard InChI is InChI=1S/C25H23FN2O6/c1-15(29)27-20-8-9-21-18(11-23(30)34-22(21)12-20)14-33-25(32)17-3-2-10-28(13-17)24(31)16-4-6-19(26)7-5-16/h4-9,11-12,17H,2-3,10,13-14H2,1H3,(H,27,29). The molecule has 2 amide bonds. The summed E-state index contributed by atoms with van der Waals surface area (Å²) in [5.74, 6) is -1.92. The van der Waals surface area contributed by atoms with Crippen LogP contribution in [0.25, 0.3) is 11.0 Å². The number of hydrogen-bond acceptors (Lipinski definition) is 6. The maximum Gasteiger partial charge on any atom is 0.336 e. The van der Waals surface area contributed by atoms with Crippen molar-refractivity contribution < 1.29 is 27.9 Å². The number of rotatable bonds is 5. The molecule has 1 atom stereocenters. The predicted octanol–water partition coefficient (Wildman–Crippen LogP) is 3.49. The number of amides is 2. The molecule has 0 radical (unpaired) electrons. The van der Waals surface area contributed by atoms with Crippen LogP contribution in [0.3, 0.4) is 0 Å². The number of nitrogens with zero attached hydrogens (tertiary/aromatic N) is 1. The van der Waals surface area contributed by atoms with Gasteiger partial charge in [0.1, 0.15) is 18.0 Å². The average molecular weight is 466 g/mol. The molecule has 1 N–H and O–H groups in total. The highest BCUT2D eigenvalue weighted by atomic mass is 19.1. The van der Waals surface area contributed by atoms with Crippen molar-refractivity contribution in [3.63, 3.8) is 0 Å². The Morgan fingerprint density at radius 1 is 1.15 bits per heavy atom. The highest BCUT2D eigenvalue weighted by Crippen LogP contribution is 2.24. The molecule has 1 fully saturated rings. The van der Waals surface area contributed by atoms with Gasteiger partial charge in [0.2, 0.25) is 5.91 Å². The molecule has 0 spiro atoms. The molecule has 4 rings (SSSR count). The molecule has 1 saturated heterocycles. The van der Waals surface area contributed by atoms with Gasteiger partial charge in [-0.3, -0.25) is 14.4 Å². The number of halogens is 1. The molecule has 3 aromatic rings. The third-order valence-electron chi connectivity index (χ3n) is 5.65. The Morgan fingerprint density at radius 3 is 2.65 bits per heavy atom. The molecule has 176 valence electrons. The van der Waals surface area contributed by atoms with E-state index in [2.05, 4.69) is 5.32 Å². The van der Waals surface area contributed by atoms with E-state index < -0.39 is 23.3 Å². The third kappa shape index (κ3) is 5.31. The Morgan fingerprint density at radius 2 is 1.91 bits per heavy atom. The number of piperidine rings is 1. The topological polar surface area (TPSA) is 106 Å². The molecule has 1 aliphatic heterocycles. The van der Waals surface area contributed by atoms with Gasteiger partial charge in [0, 0.05) is 54.3 Å². The van der Waals surface area contributed by atoms with Crippen LogP contribution in [0, 0.1) is 11.7 Å². The number of carbonyl (C=O) groups is 3. The van der Waals surface area contributed by atoms with Gasteiger partial charge in [-0.2, -0.15) is 0 Å². The molecule has 1 aromatic heterocycles. The van der Waals surface area contributed by atoms with Crippen LogP contribution >= 0.6 is 0 Å². The lowest BCUT2D eigenvalue weighted by Gasteiger charge is -2.31. The minimum atomic E-state index is -0.604. The SMILES string of the molecule is CC(=O)Nc1ccc2c(COC(=O)C3CCCN(C(=O)c4ccc(F)cc4)C3)cc(=O)oc2c1. The highest BCUT2D eigenvalue weighted by molar-refractivity contribution is 5.94. The zero-order valence-electron chi connectivity index (χ0n) is 18.5. The number of carbonyl (C=O) groups excluding carboxylic acids is 3. The minimum Gasteiger partial charge on any atom is -0.461 e. The van der Waals surface area contributed by atoms with Gasteiger partial charge in [0.05, 0.1) is 5.92 Å². The Kier molecular flexibility index (Phi) is 6.72. The summed E-state index contributed by atoms with van der Waals surface area (Å²) < 4.78 is 23.9. The molecule has 0 aliphatic carbocycles. The molecule has 9 heteroatoms. The van der Waals surface area contributed by atoms with Crippen LogP contribution in [0.1, 0.15) is 35.7 Å². The summed E-state index contributed by atoms with van der Waals surface area (Å²) in [6, 6.07) is 11.4. The van der Waals surface area contributed by atoms with E-state index in [0.29, 0.717) is 41.6 Å². The van der Waals surface area contributed by atoms with Gasteiger partial charge in [-0.1, -0.05) is 0 Å². The summed E-state index contributed by atoms with van der Waals surface area (Å²) in [6.07, 6.45) is 1.21. The summed E-state index contributed by atoms with van der Waals surface area (Å²) in [7, 11) is 0. The summed E-state index contributed by atoms with van der Waals surface area (Å²) >= 11 is 0. The summed E-state index contributed by atoms with van der Waals surface area (Å²) in [5, 5.41) is 3.20. The van der Waals surface area contributed by atoms with Crippen molar-refractivity contribution >= 4 is 34.4 Å². The fourth-order valence-corrected chi connectivity index (χ4v) is 4.03. The molecular weight excluding hydrogens is 443 g/mol. The van der Waals surface area contributed by atoms with Crippen LogP contribution in [-0.4, -0.2) is 35.8 Å². The highest BCUT2D eigenvalue weighted by Gasteiger charge is 2.30. The van der Waals surface area contributed by atoms with Gasteiger partial charge in [-0.15, -0.1) is 0 Å². The summed E-state index contributed by atoms with van der Waals surface area (Å²) in [4.78, 5) is 50.3. The van der Waals surface area contributed by atoms with E-state index >= 15 is 0 Å². The smallest absolute Gasteiger partial charge is 0.336 e. The second kappa shape index (κ2) is 9.86. The first-order valence-corrected chi connectivity index (χ1v) is 10.9. The lowest BCUT2D eigenvalue weighted by atomic mass is 9.97. The molecule has 8 nitrogen and oxygen atoms in total. The first-order chi connectivity index (χ1) is 16.3. The quantitative estimate of drug-likeness (QED) is 0.456. The van der Waals surface area contributed by atoms with E-state index in [-0.39, 0.29) is 30.5 Å². The van der Waals surface area contributed by atoms with Crippen molar-refractivity contribution in [2.24, 2.45) is 5.92 Å². The van der Waals surface area contributed by atoms with Gasteiger partial charge >= 0.3 is 11.6 Å². The number of likely N-dealkylation sites (tertiary alicyclic amines) is 1. The molecular formula is C25H23FN2O6. The van der Waals surface area contributed by atoms with Gasteiger partial charge in [0.15, 0.2) is 0 Å². The van der Waals surface area contributed by atoms with Crippen LogP contribution in [0.15, 0.2) is 57.7 Å². The van der Waals surface area contributed by atoms with Crippen molar-refractivity contribution in [3.05, 3.63) is 75.9 Å². The van der Waals surface area contributed by atoms with E-state index in [0.717, 1.165) is 0 Å². The maximum atomic E-state index is 13.1. The molecule has 2 heterocycles. The van der Waals surface area contributed by atoms with Crippen LogP contribution < -0.4 is 10.9 Å². The van der Waals surface area contributed by atoms with Crippen LogP contribution in [0.5, 0.6) is 0 Å². The van der Waals surface area contributed by atoms with Crippen LogP contribution in [0.2, 0.25) is 0 Å². The Balaban J connectivity index is 1.43. The summed E-state index contributed by atoms with van der Waals surface area (Å²) in [6.45, 7) is 1.94. The minimum absolute atomic E-state index is 0.136. The van der Waals surface area contributed by atoms with Crippen LogP contribution in [0.4, 0.5) is 10.1 Å². The summed E-state index contributed by atoms with van der Waals surface area (Å²) in [5.41, 5.74) is 0.969. The van der Waals surface area contributed by atoms with Crippen molar-refractivity contribution in [1.29, 1.82) is 0 Å². The van der Waals surface area contributed by atoms with E-state index in [1.165, 1.54) is 43.3 Å². The van der Waals surface area contributed by atoms with E-state index in [1.807, 2.05) is 0 Å². The number of benzene rings is 2. The van der Waals surface area contributed by atoms with E-state index in [9.17, 15) is 23.6 Å². The van der Waals surface area contributed by atoms with Crippen molar-refractivity contribution in [2.45, 2.75) is 26.4 Å². The third-order valence-corrected chi connectivity index (χ3v) is 5.65. The van der Waals surface area contributed by atoms with Crippen LogP contribution in [-0.2, 0) is 20.9 Å². The fourth-order valence-electron chi connectivity index (χ4n) is 4.03. The number of anilines is 1. The van der Waals surface area contributed by atoms with Crippen molar-refractivity contribution in [1.82, 2.24) is 4.90 Å². The zero-order chi connectivity index (χ0) is 24.2. The predicted molar refractivity (Wildman–Crippen MR) is 122 cm³/mol. The molecule has 0 saturated carbocycles. The van der Waals surface area contributed by atoms with E-state index in [4.69, 9.17) is 9.15 Å². The average Bonchev–Trinajstić information content (AvgIpc) is 2.81. The second-order valence-electron chi connectivity index (χ2n) is 8.19. The first kappa shape index (κ1) is 23.2. The number of nitrogens with one attached hydrogen (secondary N) is 1. The van der Waals surface area contributed by atoms with E-state index in [1.54, 1.807) is 17.0 Å². The molecule has 2 aromatic carbocycles. The molecule has 1 unspecified atom stereocenters. The Hall–Kier alpha value is -4.01. The number of fused-ring (bicyclic) bond motifs is 1. The van der Waals surface area contributed by atoms with Gasteiger partial charge < -0.3 is 19.4 Å². The second-order valence-corrected chi connectivity index (χ2v) is 8.19.